The summed E-state index contributed by atoms with van der Waals surface area (Å²) in [4.78, 5) is 2.60. The summed E-state index contributed by atoms with van der Waals surface area (Å²) < 4.78 is 5.76. The van der Waals surface area contributed by atoms with Crippen LogP contribution in [0.4, 0.5) is 0 Å². The molecule has 0 aliphatic heterocycles. The highest BCUT2D eigenvalue weighted by molar-refractivity contribution is 6.13. The average molecular weight is 234 g/mol. The lowest BCUT2D eigenvalue weighted by Crippen LogP contribution is -2.00. The van der Waals surface area contributed by atoms with E-state index in [1.807, 2.05) is 54.6 Å². The highest BCUT2D eigenvalue weighted by Gasteiger charge is 2.02. The second-order valence-corrected chi connectivity index (χ2v) is 3.60. The van der Waals surface area contributed by atoms with Gasteiger partial charge in [0.15, 0.2) is 0 Å². The van der Waals surface area contributed by atoms with E-state index in [1.165, 1.54) is 0 Å². The number of hydrogen-bond acceptors (Lipinski definition) is 2. The number of nitrogens with one attached hydrogen (secondary N) is 1. The third-order valence-electron chi connectivity index (χ3n) is 2.20. The van der Waals surface area contributed by atoms with E-state index in [2.05, 4.69) is 4.84 Å². The molecule has 0 bridgehead atoms. The zero-order valence-corrected chi connectivity index (χ0v) is 9.45. The van der Waals surface area contributed by atoms with Gasteiger partial charge in [-0.2, -0.15) is 0 Å². The van der Waals surface area contributed by atoms with Gasteiger partial charge in [-0.15, -0.1) is 0 Å². The third-order valence-corrected chi connectivity index (χ3v) is 2.33. The summed E-state index contributed by atoms with van der Waals surface area (Å²) in [6.07, 6.45) is 0. The fourth-order valence-electron chi connectivity index (χ4n) is 1.44. The Morgan fingerprint density at radius 1 is 0.938 bits per heavy atom. The lowest BCUT2D eigenvalue weighted by atomic mass is 10.2. The molecule has 0 fully saturated rings. The Kier molecular flexibility index (Phi) is 3.81. The quantitative estimate of drug-likeness (QED) is 0.813. The smallest absolute Gasteiger partial charge is 0.131 e. The molecule has 1 N–H and O–H groups in total. The molecule has 3 heteroatoms. The van der Waals surface area contributed by atoms with Gasteiger partial charge in [-0.25, -0.2) is 4.84 Å². The number of hydrogen-bond donors (Lipinski definition) is 1. The predicted octanol–water partition coefficient (Wildman–Crippen LogP) is 3.72. The van der Waals surface area contributed by atoms with Crippen LogP contribution in [-0.4, -0.2) is 0 Å². The molecular weight excluding hydrogens is 222 g/mol. The summed E-state index contributed by atoms with van der Waals surface area (Å²) in [5.74, 6) is 1.64. The predicted molar refractivity (Wildman–Crippen MR) is 65.7 cm³/mol. The van der Waals surface area contributed by atoms with Gasteiger partial charge in [0.05, 0.1) is 0 Å². The van der Waals surface area contributed by atoms with E-state index in [-0.39, 0.29) is 0 Å². The van der Waals surface area contributed by atoms with Crippen molar-refractivity contribution in [1.29, 1.82) is 0 Å². The number of halogens is 1. The van der Waals surface area contributed by atoms with Crippen LogP contribution in [0.5, 0.6) is 11.5 Å². The molecular formula is C13H12ClNO. The van der Waals surface area contributed by atoms with Crippen LogP contribution in [-0.2, 0) is 6.54 Å². The second kappa shape index (κ2) is 5.54. The molecule has 16 heavy (non-hydrogen) atoms. The highest BCUT2D eigenvalue weighted by Crippen LogP contribution is 2.24. The molecule has 0 saturated carbocycles. The molecule has 2 aromatic carbocycles. The van der Waals surface area contributed by atoms with Crippen molar-refractivity contribution >= 4 is 11.8 Å². The van der Waals surface area contributed by atoms with E-state index in [1.54, 1.807) is 0 Å². The zero-order chi connectivity index (χ0) is 11.2. The molecule has 2 aromatic rings. The number of rotatable bonds is 4. The Balaban J connectivity index is 2.21. The maximum atomic E-state index is 5.76. The summed E-state index contributed by atoms with van der Waals surface area (Å²) >= 11 is 5.51. The van der Waals surface area contributed by atoms with E-state index in [0.717, 1.165) is 17.1 Å². The molecule has 0 saturated heterocycles. The van der Waals surface area contributed by atoms with Crippen molar-refractivity contribution in [2.45, 2.75) is 6.54 Å². The van der Waals surface area contributed by atoms with Crippen LogP contribution < -0.4 is 9.57 Å². The van der Waals surface area contributed by atoms with Gasteiger partial charge in [0.25, 0.3) is 0 Å². The summed E-state index contributed by atoms with van der Waals surface area (Å²) in [5.41, 5.74) is 1.03. The monoisotopic (exact) mass is 233 g/mol. The second-order valence-electron chi connectivity index (χ2n) is 3.33. The van der Waals surface area contributed by atoms with Crippen LogP contribution in [0.25, 0.3) is 0 Å². The maximum Gasteiger partial charge on any atom is 0.131 e. The highest BCUT2D eigenvalue weighted by atomic mass is 35.5. The molecule has 82 valence electrons. The maximum absolute atomic E-state index is 5.76. The molecule has 0 radical (unpaired) electrons. The van der Waals surface area contributed by atoms with Gasteiger partial charge in [0.1, 0.15) is 11.5 Å². The van der Waals surface area contributed by atoms with Gasteiger partial charge >= 0.3 is 0 Å². The van der Waals surface area contributed by atoms with E-state index in [0.29, 0.717) is 6.54 Å². The normalized spacial score (nSPS) is 10.1. The molecule has 0 unspecified atom stereocenters. The van der Waals surface area contributed by atoms with Crippen LogP contribution >= 0.6 is 11.8 Å². The van der Waals surface area contributed by atoms with E-state index >= 15 is 0 Å². The molecule has 2 rings (SSSR count). The van der Waals surface area contributed by atoms with Crippen LogP contribution in [0, 0.1) is 0 Å². The molecule has 0 heterocycles. The Morgan fingerprint density at radius 3 is 2.38 bits per heavy atom. The van der Waals surface area contributed by atoms with Crippen molar-refractivity contribution in [3.63, 3.8) is 0 Å². The molecule has 0 atom stereocenters. The molecule has 2 nitrogen and oxygen atoms in total. The summed E-state index contributed by atoms with van der Waals surface area (Å²) in [7, 11) is 0. The Labute approximate surface area is 99.9 Å². The van der Waals surface area contributed by atoms with Crippen molar-refractivity contribution in [3.8, 4) is 11.5 Å². The minimum Gasteiger partial charge on any atom is -0.457 e. The van der Waals surface area contributed by atoms with Crippen molar-refractivity contribution < 1.29 is 4.74 Å². The average Bonchev–Trinajstić information content (AvgIpc) is 2.33. The van der Waals surface area contributed by atoms with Crippen molar-refractivity contribution in [1.82, 2.24) is 4.84 Å². The van der Waals surface area contributed by atoms with E-state index < -0.39 is 0 Å². The SMILES string of the molecule is ClNCc1ccccc1Oc1ccccc1. The topological polar surface area (TPSA) is 21.3 Å². The fourth-order valence-corrected chi connectivity index (χ4v) is 1.58. The van der Waals surface area contributed by atoms with Crippen molar-refractivity contribution in [3.05, 3.63) is 60.2 Å². The molecule has 0 aliphatic rings. The van der Waals surface area contributed by atoms with Gasteiger partial charge in [-0.05, 0) is 30.0 Å². The first-order valence-corrected chi connectivity index (χ1v) is 5.42. The van der Waals surface area contributed by atoms with Gasteiger partial charge in [-0.3, -0.25) is 0 Å². The summed E-state index contributed by atoms with van der Waals surface area (Å²) in [6, 6.07) is 17.5. The first-order valence-electron chi connectivity index (χ1n) is 5.04. The van der Waals surface area contributed by atoms with Gasteiger partial charge in [0.2, 0.25) is 0 Å². The van der Waals surface area contributed by atoms with E-state index in [4.69, 9.17) is 16.5 Å². The summed E-state index contributed by atoms with van der Waals surface area (Å²) in [5, 5.41) is 0. The Hall–Kier alpha value is -1.51. The van der Waals surface area contributed by atoms with Crippen molar-refractivity contribution in [2.75, 3.05) is 0 Å². The lowest BCUT2D eigenvalue weighted by Gasteiger charge is -2.09. The van der Waals surface area contributed by atoms with Crippen LogP contribution in [0.1, 0.15) is 5.56 Å². The summed E-state index contributed by atoms with van der Waals surface area (Å²) in [6.45, 7) is 0.574. The van der Waals surface area contributed by atoms with Crippen LogP contribution in [0.3, 0.4) is 0 Å². The lowest BCUT2D eigenvalue weighted by molar-refractivity contribution is 0.475. The third kappa shape index (κ3) is 2.75. The number of benzene rings is 2. The van der Waals surface area contributed by atoms with Gasteiger partial charge in [0, 0.05) is 12.1 Å². The minimum atomic E-state index is 0.574. The van der Waals surface area contributed by atoms with E-state index in [9.17, 15) is 0 Å². The van der Waals surface area contributed by atoms with Gasteiger partial charge < -0.3 is 4.74 Å². The minimum absolute atomic E-state index is 0.574. The number of ether oxygens (including phenoxy) is 1. The van der Waals surface area contributed by atoms with Crippen molar-refractivity contribution in [2.24, 2.45) is 0 Å². The zero-order valence-electron chi connectivity index (χ0n) is 8.69. The first-order chi connectivity index (χ1) is 7.90. The fraction of sp³-hybridized carbons (Fsp3) is 0.0769. The molecule has 0 aromatic heterocycles. The molecule has 0 amide bonds. The van der Waals surface area contributed by atoms with Crippen LogP contribution in [0.2, 0.25) is 0 Å². The standard InChI is InChI=1S/C13H12ClNO/c14-15-10-11-6-4-5-9-13(11)16-12-7-2-1-3-8-12/h1-9,15H,10H2. The Morgan fingerprint density at radius 2 is 1.62 bits per heavy atom. The van der Waals surface area contributed by atoms with Gasteiger partial charge in [-0.1, -0.05) is 36.4 Å². The molecule has 0 aliphatic carbocycles. The van der Waals surface area contributed by atoms with Crippen LogP contribution in [0.15, 0.2) is 54.6 Å². The number of para-hydroxylation sites is 2. The largest absolute Gasteiger partial charge is 0.457 e. The Bertz CT molecular complexity index is 445. The molecule has 0 spiro atoms. The first kappa shape index (κ1) is 11.0.